The summed E-state index contributed by atoms with van der Waals surface area (Å²) in [5.74, 6) is 0. The molecule has 5 nitrogen and oxygen atoms in total. The second kappa shape index (κ2) is 7.79. The van der Waals surface area contributed by atoms with Crippen LogP contribution in [0.4, 0.5) is 0 Å². The topological polar surface area (TPSA) is 28.2 Å². The van der Waals surface area contributed by atoms with Crippen molar-refractivity contribution in [2.24, 2.45) is 0 Å². The molecular formula is C18H37N3O2. The molecule has 0 aromatic carbocycles. The number of ether oxygens (including phenoxy) is 1. The van der Waals surface area contributed by atoms with Crippen molar-refractivity contribution in [2.45, 2.75) is 65.2 Å². The molecule has 2 aliphatic heterocycles. The Morgan fingerprint density at radius 3 is 2.13 bits per heavy atom. The summed E-state index contributed by atoms with van der Waals surface area (Å²) in [7, 11) is 0. The molecule has 0 N–H and O–H groups in total. The highest BCUT2D eigenvalue weighted by molar-refractivity contribution is 4.81. The Bertz CT molecular complexity index is 354. The van der Waals surface area contributed by atoms with Crippen molar-refractivity contribution in [1.82, 2.24) is 14.9 Å². The monoisotopic (exact) mass is 327 g/mol. The van der Waals surface area contributed by atoms with Gasteiger partial charge in [0.05, 0.1) is 18.3 Å². The van der Waals surface area contributed by atoms with E-state index >= 15 is 0 Å². The van der Waals surface area contributed by atoms with Crippen LogP contribution in [0.1, 0.15) is 48.0 Å². The molecule has 2 fully saturated rings. The van der Waals surface area contributed by atoms with E-state index in [1.165, 1.54) is 0 Å². The number of likely N-dealkylation sites (tertiary alicyclic amines) is 1. The van der Waals surface area contributed by atoms with E-state index in [1.54, 1.807) is 0 Å². The Labute approximate surface area is 142 Å². The van der Waals surface area contributed by atoms with Gasteiger partial charge in [-0.05, 0) is 48.0 Å². The molecule has 0 unspecified atom stereocenters. The van der Waals surface area contributed by atoms with Crippen molar-refractivity contribution in [3.05, 3.63) is 0 Å². The van der Waals surface area contributed by atoms with E-state index in [4.69, 9.17) is 9.57 Å². The highest BCUT2D eigenvalue weighted by Gasteiger charge is 2.30. The number of hydroxylamine groups is 2. The summed E-state index contributed by atoms with van der Waals surface area (Å²) in [6.07, 6.45) is 1.49. The van der Waals surface area contributed by atoms with Crippen LogP contribution in [0, 0.1) is 0 Å². The van der Waals surface area contributed by atoms with Crippen molar-refractivity contribution in [2.75, 3.05) is 52.4 Å². The first-order chi connectivity index (χ1) is 10.6. The summed E-state index contributed by atoms with van der Waals surface area (Å²) in [4.78, 5) is 11.2. The van der Waals surface area contributed by atoms with Gasteiger partial charge < -0.3 is 4.74 Å². The summed E-state index contributed by atoms with van der Waals surface area (Å²) in [5, 5.41) is 2.18. The molecule has 2 saturated heterocycles. The molecule has 1 atom stereocenters. The third-order valence-electron chi connectivity index (χ3n) is 4.66. The van der Waals surface area contributed by atoms with Crippen LogP contribution in [0.2, 0.25) is 0 Å². The molecule has 23 heavy (non-hydrogen) atoms. The second-order valence-corrected chi connectivity index (χ2v) is 8.86. The van der Waals surface area contributed by atoms with Crippen LogP contribution < -0.4 is 0 Å². The first-order valence-electron chi connectivity index (χ1n) is 9.16. The Morgan fingerprint density at radius 2 is 1.57 bits per heavy atom. The fraction of sp³-hybridized carbons (Fsp3) is 1.00. The summed E-state index contributed by atoms with van der Waals surface area (Å²) < 4.78 is 5.82. The van der Waals surface area contributed by atoms with Crippen molar-refractivity contribution in [3.8, 4) is 0 Å². The van der Waals surface area contributed by atoms with E-state index < -0.39 is 0 Å². The molecule has 0 bridgehead atoms. The third kappa shape index (κ3) is 6.67. The van der Waals surface area contributed by atoms with E-state index in [0.717, 1.165) is 58.8 Å². The largest absolute Gasteiger partial charge is 0.375 e. The Morgan fingerprint density at radius 1 is 0.913 bits per heavy atom. The number of hydrogen-bond acceptors (Lipinski definition) is 5. The van der Waals surface area contributed by atoms with Crippen LogP contribution in [0.25, 0.3) is 0 Å². The molecule has 0 saturated carbocycles. The molecule has 5 heteroatoms. The van der Waals surface area contributed by atoms with Crippen LogP contribution >= 0.6 is 0 Å². The minimum absolute atomic E-state index is 0.0393. The Balaban J connectivity index is 1.63. The predicted molar refractivity (Wildman–Crippen MR) is 94.5 cm³/mol. The second-order valence-electron chi connectivity index (χ2n) is 8.86. The van der Waals surface area contributed by atoms with Gasteiger partial charge in [0.15, 0.2) is 0 Å². The van der Waals surface area contributed by atoms with Gasteiger partial charge >= 0.3 is 0 Å². The van der Waals surface area contributed by atoms with Gasteiger partial charge in [-0.1, -0.05) is 0 Å². The quantitative estimate of drug-likeness (QED) is 0.772. The van der Waals surface area contributed by atoms with Crippen molar-refractivity contribution >= 4 is 0 Å². The number of hydrogen-bond donors (Lipinski definition) is 0. The summed E-state index contributed by atoms with van der Waals surface area (Å²) in [6.45, 7) is 21.4. The minimum atomic E-state index is -0.0393. The van der Waals surface area contributed by atoms with E-state index in [2.05, 4.69) is 56.4 Å². The van der Waals surface area contributed by atoms with Gasteiger partial charge in [0, 0.05) is 51.4 Å². The van der Waals surface area contributed by atoms with Crippen LogP contribution in [-0.2, 0) is 9.57 Å². The zero-order valence-electron chi connectivity index (χ0n) is 16.1. The zero-order valence-corrected chi connectivity index (χ0v) is 16.1. The molecule has 0 amide bonds. The average molecular weight is 328 g/mol. The maximum absolute atomic E-state index is 6.21. The lowest BCUT2D eigenvalue weighted by Gasteiger charge is -2.42. The fourth-order valence-electron chi connectivity index (χ4n) is 3.24. The van der Waals surface area contributed by atoms with Crippen LogP contribution in [0.3, 0.4) is 0 Å². The predicted octanol–water partition coefficient (Wildman–Crippen LogP) is 2.22. The van der Waals surface area contributed by atoms with Crippen molar-refractivity contribution in [3.63, 3.8) is 0 Å². The van der Waals surface area contributed by atoms with Gasteiger partial charge in [-0.3, -0.25) is 14.6 Å². The van der Waals surface area contributed by atoms with Gasteiger partial charge in [0.2, 0.25) is 0 Å². The minimum Gasteiger partial charge on any atom is -0.375 e. The number of piperazine rings is 1. The van der Waals surface area contributed by atoms with E-state index in [-0.39, 0.29) is 11.1 Å². The van der Waals surface area contributed by atoms with Gasteiger partial charge in [-0.25, -0.2) is 0 Å². The number of nitrogens with zero attached hydrogens (tertiary/aromatic N) is 3. The van der Waals surface area contributed by atoms with Crippen molar-refractivity contribution in [1.29, 1.82) is 0 Å². The molecule has 0 aromatic rings. The molecule has 136 valence electrons. The molecule has 2 heterocycles. The molecule has 0 spiro atoms. The maximum atomic E-state index is 6.21. The normalized spacial score (nSPS) is 26.1. The lowest BCUT2D eigenvalue weighted by Crippen LogP contribution is -2.53. The van der Waals surface area contributed by atoms with Gasteiger partial charge in [0.25, 0.3) is 0 Å². The first kappa shape index (κ1) is 19.1. The zero-order chi connectivity index (χ0) is 17.1. The summed E-state index contributed by atoms with van der Waals surface area (Å²) in [5.41, 5.74) is 0.228. The van der Waals surface area contributed by atoms with Crippen LogP contribution in [0.5, 0.6) is 0 Å². The van der Waals surface area contributed by atoms with Crippen molar-refractivity contribution < 1.29 is 9.57 Å². The maximum Gasteiger partial charge on any atom is 0.0931 e. The van der Waals surface area contributed by atoms with Gasteiger partial charge in [-0.2, -0.15) is 5.06 Å². The van der Waals surface area contributed by atoms with Crippen LogP contribution in [-0.4, -0.2) is 84.5 Å². The standard InChI is InChI=1S/C18H37N3O2/c1-17(2,3)20-9-11-21(12-10-20)23-16-7-8-19(15-16)13-14-22-18(4,5)6/h16H,7-15H2,1-6H3/t16-/m1/s1. The summed E-state index contributed by atoms with van der Waals surface area (Å²) >= 11 is 0. The van der Waals surface area contributed by atoms with Crippen LogP contribution in [0.15, 0.2) is 0 Å². The van der Waals surface area contributed by atoms with E-state index in [9.17, 15) is 0 Å². The first-order valence-corrected chi connectivity index (χ1v) is 9.16. The Hall–Kier alpha value is -0.200. The van der Waals surface area contributed by atoms with Gasteiger partial charge in [0.1, 0.15) is 0 Å². The molecule has 0 aromatic heterocycles. The lowest BCUT2D eigenvalue weighted by molar-refractivity contribution is -0.212. The number of rotatable bonds is 5. The molecule has 2 aliphatic rings. The summed E-state index contributed by atoms with van der Waals surface area (Å²) in [6, 6.07) is 0. The van der Waals surface area contributed by atoms with E-state index in [1.807, 2.05) is 0 Å². The highest BCUT2D eigenvalue weighted by atomic mass is 16.7. The smallest absolute Gasteiger partial charge is 0.0931 e. The molecular weight excluding hydrogens is 290 g/mol. The Kier molecular flexibility index (Phi) is 6.48. The molecule has 0 radical (unpaired) electrons. The third-order valence-corrected chi connectivity index (χ3v) is 4.66. The molecule has 2 rings (SSSR count). The SMILES string of the molecule is CC(C)(C)OCCN1CC[C@@H](ON2CCN(C(C)(C)C)CC2)C1. The lowest BCUT2D eigenvalue weighted by atomic mass is 10.1. The van der Waals surface area contributed by atoms with Gasteiger partial charge in [-0.15, -0.1) is 0 Å². The average Bonchev–Trinajstić information content (AvgIpc) is 2.84. The highest BCUT2D eigenvalue weighted by Crippen LogP contribution is 2.19. The fourth-order valence-corrected chi connectivity index (χ4v) is 3.24. The van der Waals surface area contributed by atoms with E-state index in [0.29, 0.717) is 6.10 Å². The molecule has 0 aliphatic carbocycles.